The lowest BCUT2D eigenvalue weighted by atomic mass is 9.78. The van der Waals surface area contributed by atoms with Gasteiger partial charge in [0.25, 0.3) is 11.8 Å². The average Bonchev–Trinajstić information content (AvgIpc) is 3.38. The first-order valence-electron chi connectivity index (χ1n) is 11.2. The topological polar surface area (TPSA) is 61.4 Å². The van der Waals surface area contributed by atoms with Crippen molar-refractivity contribution >= 4 is 23.4 Å². The quantitative estimate of drug-likeness (QED) is 0.763. The molecule has 0 saturated carbocycles. The summed E-state index contributed by atoms with van der Waals surface area (Å²) in [6.07, 6.45) is 5.14. The highest BCUT2D eigenvalue weighted by atomic mass is 35.5. The Balaban J connectivity index is 1.31. The number of nitrogens with one attached hydrogen (secondary N) is 2. The van der Waals surface area contributed by atoms with Crippen LogP contribution in [0.3, 0.4) is 0 Å². The van der Waals surface area contributed by atoms with Crippen molar-refractivity contribution in [2.24, 2.45) is 5.41 Å². The predicted molar refractivity (Wildman–Crippen MR) is 121 cm³/mol. The number of piperidine rings is 1. The Morgan fingerprint density at radius 1 is 1.10 bits per heavy atom. The minimum absolute atomic E-state index is 0.0964. The molecule has 6 heteroatoms. The van der Waals surface area contributed by atoms with E-state index in [4.69, 9.17) is 11.6 Å². The van der Waals surface area contributed by atoms with Crippen molar-refractivity contribution in [2.75, 3.05) is 26.2 Å². The Labute approximate surface area is 188 Å². The molecule has 2 aliphatic heterocycles. The number of hydrogen-bond acceptors (Lipinski definition) is 3. The van der Waals surface area contributed by atoms with E-state index in [9.17, 15) is 9.59 Å². The van der Waals surface area contributed by atoms with E-state index in [1.165, 1.54) is 5.56 Å². The molecule has 2 heterocycles. The van der Waals surface area contributed by atoms with Gasteiger partial charge in [0.05, 0.1) is 16.6 Å². The van der Waals surface area contributed by atoms with Gasteiger partial charge in [0, 0.05) is 18.7 Å². The molecule has 0 aromatic heterocycles. The van der Waals surface area contributed by atoms with Crippen molar-refractivity contribution in [3.8, 4) is 0 Å². The molecule has 5 nitrogen and oxygen atoms in total. The van der Waals surface area contributed by atoms with Crippen LogP contribution in [0.25, 0.3) is 0 Å². The molecule has 2 aromatic carbocycles. The third kappa shape index (κ3) is 3.97. The molecule has 2 N–H and O–H groups in total. The zero-order chi connectivity index (χ0) is 21.4. The van der Waals surface area contributed by atoms with E-state index in [-0.39, 0.29) is 17.9 Å². The maximum Gasteiger partial charge on any atom is 0.253 e. The largest absolute Gasteiger partial charge is 0.345 e. The number of halogens is 1. The molecule has 1 atom stereocenters. The van der Waals surface area contributed by atoms with E-state index in [1.54, 1.807) is 12.1 Å². The van der Waals surface area contributed by atoms with Crippen molar-refractivity contribution < 1.29 is 9.59 Å². The Hall–Kier alpha value is -2.37. The van der Waals surface area contributed by atoms with Gasteiger partial charge in [-0.15, -0.1) is 0 Å². The van der Waals surface area contributed by atoms with Gasteiger partial charge >= 0.3 is 0 Å². The number of nitrogens with zero attached hydrogens (tertiary/aromatic N) is 1. The summed E-state index contributed by atoms with van der Waals surface area (Å²) >= 11 is 6.19. The minimum Gasteiger partial charge on any atom is -0.345 e. The molecule has 2 fully saturated rings. The van der Waals surface area contributed by atoms with Crippen molar-refractivity contribution in [1.82, 2.24) is 15.5 Å². The van der Waals surface area contributed by atoms with Crippen molar-refractivity contribution in [3.05, 3.63) is 69.7 Å². The molecule has 31 heavy (non-hydrogen) atoms. The standard InChI is InChI=1S/C25H28ClN3O2/c26-21-4-2-1-3-19(21)23(30)28-22-8-7-17-5-6-18(15-20(17)22)24(31)29-14-11-25(16-29)9-12-27-13-10-25/h1-6,15,22,27H,7-14,16H2,(H,28,30). The lowest BCUT2D eigenvalue weighted by molar-refractivity contribution is 0.0761. The fraction of sp³-hybridized carbons (Fsp3) is 0.440. The number of rotatable bonds is 3. The van der Waals surface area contributed by atoms with Gasteiger partial charge in [0.2, 0.25) is 0 Å². The average molecular weight is 438 g/mol. The van der Waals surface area contributed by atoms with E-state index < -0.39 is 0 Å². The molecular weight excluding hydrogens is 410 g/mol. The summed E-state index contributed by atoms with van der Waals surface area (Å²) in [5, 5.41) is 7.00. The first-order valence-corrected chi connectivity index (χ1v) is 11.6. The van der Waals surface area contributed by atoms with Crippen molar-refractivity contribution in [2.45, 2.75) is 38.1 Å². The molecular formula is C25H28ClN3O2. The number of aryl methyl sites for hydroxylation is 1. The second-order valence-corrected chi connectivity index (χ2v) is 9.59. The maximum absolute atomic E-state index is 13.3. The molecule has 2 aromatic rings. The van der Waals surface area contributed by atoms with Gasteiger partial charge in [-0.3, -0.25) is 9.59 Å². The summed E-state index contributed by atoms with van der Waals surface area (Å²) in [4.78, 5) is 28.1. The summed E-state index contributed by atoms with van der Waals surface area (Å²) in [7, 11) is 0. The highest BCUT2D eigenvalue weighted by molar-refractivity contribution is 6.33. The molecule has 2 amide bonds. The van der Waals surface area contributed by atoms with Crippen molar-refractivity contribution in [1.29, 1.82) is 0 Å². The molecule has 3 aliphatic rings. The van der Waals surface area contributed by atoms with Crippen LogP contribution in [0.4, 0.5) is 0 Å². The Morgan fingerprint density at radius 3 is 2.71 bits per heavy atom. The molecule has 5 rings (SSSR count). The number of amides is 2. The second-order valence-electron chi connectivity index (χ2n) is 9.18. The number of hydrogen-bond donors (Lipinski definition) is 2. The Morgan fingerprint density at radius 2 is 1.90 bits per heavy atom. The van der Waals surface area contributed by atoms with Gasteiger partial charge < -0.3 is 15.5 Å². The number of benzene rings is 2. The van der Waals surface area contributed by atoms with Crippen LogP contribution in [0.15, 0.2) is 42.5 Å². The molecule has 1 aliphatic carbocycles. The lowest BCUT2D eigenvalue weighted by Gasteiger charge is -2.33. The first kappa shape index (κ1) is 20.5. The summed E-state index contributed by atoms with van der Waals surface area (Å²) in [5.74, 6) is -0.0612. The van der Waals surface area contributed by atoms with Gasteiger partial charge in [0.1, 0.15) is 0 Å². The smallest absolute Gasteiger partial charge is 0.253 e. The maximum atomic E-state index is 13.3. The molecule has 0 radical (unpaired) electrons. The van der Waals surface area contributed by atoms with Gasteiger partial charge in [-0.1, -0.05) is 29.8 Å². The van der Waals surface area contributed by atoms with E-state index in [2.05, 4.69) is 16.7 Å². The molecule has 1 spiro atoms. The van der Waals surface area contributed by atoms with Gasteiger partial charge in [-0.2, -0.15) is 0 Å². The fourth-order valence-corrected chi connectivity index (χ4v) is 5.64. The van der Waals surface area contributed by atoms with Crippen LogP contribution in [0.5, 0.6) is 0 Å². The van der Waals surface area contributed by atoms with Gasteiger partial charge in [-0.25, -0.2) is 0 Å². The van der Waals surface area contributed by atoms with Gasteiger partial charge in [0.15, 0.2) is 0 Å². The first-order chi connectivity index (χ1) is 15.0. The second kappa shape index (κ2) is 8.29. The summed E-state index contributed by atoms with van der Waals surface area (Å²) < 4.78 is 0. The number of likely N-dealkylation sites (tertiary alicyclic amines) is 1. The normalized spacial score (nSPS) is 21.8. The van der Waals surface area contributed by atoms with E-state index in [0.717, 1.165) is 69.4 Å². The lowest BCUT2D eigenvalue weighted by Crippen LogP contribution is -2.39. The number of fused-ring (bicyclic) bond motifs is 1. The third-order valence-corrected chi connectivity index (χ3v) is 7.61. The number of carbonyl (C=O) groups excluding carboxylic acids is 2. The van der Waals surface area contributed by atoms with E-state index in [1.807, 2.05) is 29.2 Å². The van der Waals surface area contributed by atoms with Crippen LogP contribution in [0.2, 0.25) is 5.02 Å². The SMILES string of the molecule is O=C(NC1CCc2ccc(C(=O)N3CCC4(CCNCC4)C3)cc21)c1ccccc1Cl. The van der Waals surface area contributed by atoms with Crippen molar-refractivity contribution in [3.63, 3.8) is 0 Å². The number of carbonyl (C=O) groups is 2. The third-order valence-electron chi connectivity index (χ3n) is 7.28. The summed E-state index contributed by atoms with van der Waals surface area (Å²) in [5.41, 5.74) is 3.76. The van der Waals surface area contributed by atoms with Crippen LogP contribution in [0.1, 0.15) is 63.6 Å². The highest BCUT2D eigenvalue weighted by Gasteiger charge is 2.40. The van der Waals surface area contributed by atoms with Crippen LogP contribution < -0.4 is 10.6 Å². The Bertz CT molecular complexity index is 1020. The zero-order valence-electron chi connectivity index (χ0n) is 17.6. The van der Waals surface area contributed by atoms with Crippen LogP contribution in [-0.4, -0.2) is 42.9 Å². The summed E-state index contributed by atoms with van der Waals surface area (Å²) in [6, 6.07) is 13.0. The molecule has 2 saturated heterocycles. The monoisotopic (exact) mass is 437 g/mol. The van der Waals surface area contributed by atoms with Crippen LogP contribution in [0, 0.1) is 5.41 Å². The fourth-order valence-electron chi connectivity index (χ4n) is 5.42. The molecule has 1 unspecified atom stereocenters. The molecule has 0 bridgehead atoms. The van der Waals surface area contributed by atoms with E-state index in [0.29, 0.717) is 16.0 Å². The van der Waals surface area contributed by atoms with E-state index >= 15 is 0 Å². The van der Waals surface area contributed by atoms with Gasteiger partial charge in [-0.05, 0) is 86.0 Å². The summed E-state index contributed by atoms with van der Waals surface area (Å²) in [6.45, 7) is 3.79. The Kier molecular flexibility index (Phi) is 5.49. The predicted octanol–water partition coefficient (Wildman–Crippen LogP) is 3.97. The molecule has 162 valence electrons. The zero-order valence-corrected chi connectivity index (χ0v) is 18.4. The van der Waals surface area contributed by atoms with Crippen LogP contribution >= 0.6 is 11.6 Å². The minimum atomic E-state index is -0.174. The highest BCUT2D eigenvalue weighted by Crippen LogP contribution is 2.39. The van der Waals surface area contributed by atoms with Crippen LogP contribution in [-0.2, 0) is 6.42 Å².